The molecule has 3 aromatic rings. The van der Waals surface area contributed by atoms with Gasteiger partial charge in [-0.1, -0.05) is 12.1 Å². The third-order valence-electron chi connectivity index (χ3n) is 4.04. The van der Waals surface area contributed by atoms with Crippen LogP contribution >= 0.6 is 0 Å². The highest BCUT2D eigenvalue weighted by molar-refractivity contribution is 5.97. The zero-order valence-electron chi connectivity index (χ0n) is 14.2. The average Bonchev–Trinajstić information content (AvgIpc) is 2.60. The summed E-state index contributed by atoms with van der Waals surface area (Å²) in [6.07, 6.45) is -4.41. The molecule has 4 nitrogen and oxygen atoms in total. The molecular weight excluding hydrogens is 343 g/mol. The molecule has 0 radical (unpaired) electrons. The van der Waals surface area contributed by atoms with Crippen LogP contribution in [0.15, 0.2) is 42.5 Å². The summed E-state index contributed by atoms with van der Waals surface area (Å²) in [6, 6.07) is 9.82. The average molecular weight is 359 g/mol. The Morgan fingerprint density at radius 2 is 1.69 bits per heavy atom. The predicted molar refractivity (Wildman–Crippen MR) is 91.6 cm³/mol. The number of alkyl halides is 3. The molecule has 0 saturated heterocycles. The summed E-state index contributed by atoms with van der Waals surface area (Å²) in [4.78, 5) is 21.1. The molecule has 0 aliphatic carbocycles. The molecule has 1 heterocycles. The summed E-state index contributed by atoms with van der Waals surface area (Å²) in [7, 11) is 0. The molecule has 2 aromatic carbocycles. The molecule has 0 saturated carbocycles. The van der Waals surface area contributed by atoms with E-state index in [1.807, 2.05) is 13.8 Å². The Balaban J connectivity index is 1.76. The van der Waals surface area contributed by atoms with Crippen molar-refractivity contribution in [3.05, 3.63) is 70.5 Å². The lowest BCUT2D eigenvalue weighted by molar-refractivity contribution is -0.137. The van der Waals surface area contributed by atoms with Crippen molar-refractivity contribution < 1.29 is 18.0 Å². The summed E-state index contributed by atoms with van der Waals surface area (Å²) in [5.41, 5.74) is 2.89. The quantitative estimate of drug-likeness (QED) is 0.763. The number of halogens is 3. The van der Waals surface area contributed by atoms with Crippen molar-refractivity contribution in [1.29, 1.82) is 0 Å². The number of nitrogens with one attached hydrogen (secondary N) is 1. The van der Waals surface area contributed by atoms with Crippen molar-refractivity contribution in [1.82, 2.24) is 15.3 Å². The number of nitrogens with zero attached hydrogens (tertiary/aromatic N) is 2. The second kappa shape index (κ2) is 6.74. The number of benzene rings is 2. The highest BCUT2D eigenvalue weighted by Crippen LogP contribution is 2.29. The third kappa shape index (κ3) is 3.82. The Hall–Kier alpha value is -2.96. The lowest BCUT2D eigenvalue weighted by Crippen LogP contribution is -2.23. The van der Waals surface area contributed by atoms with Crippen molar-refractivity contribution >= 4 is 16.9 Å². The van der Waals surface area contributed by atoms with Crippen LogP contribution in [-0.4, -0.2) is 15.9 Å². The van der Waals surface area contributed by atoms with Crippen molar-refractivity contribution in [3.63, 3.8) is 0 Å². The molecular formula is C19H16F3N3O. The maximum atomic E-state index is 12.7. The van der Waals surface area contributed by atoms with Gasteiger partial charge in [0.05, 0.1) is 28.0 Å². The lowest BCUT2D eigenvalue weighted by atomic mass is 10.1. The van der Waals surface area contributed by atoms with E-state index in [0.29, 0.717) is 22.2 Å². The Bertz CT molecular complexity index is 983. The summed E-state index contributed by atoms with van der Waals surface area (Å²) >= 11 is 0. The molecule has 0 atom stereocenters. The van der Waals surface area contributed by atoms with Gasteiger partial charge in [-0.2, -0.15) is 13.2 Å². The van der Waals surface area contributed by atoms with Crippen LogP contribution in [0.4, 0.5) is 13.2 Å². The molecule has 134 valence electrons. The van der Waals surface area contributed by atoms with Gasteiger partial charge in [0.15, 0.2) is 0 Å². The molecule has 0 bridgehead atoms. The van der Waals surface area contributed by atoms with E-state index in [9.17, 15) is 18.0 Å². The summed E-state index contributed by atoms with van der Waals surface area (Å²) in [5.74, 6) is -0.385. The van der Waals surface area contributed by atoms with E-state index < -0.39 is 11.7 Å². The standard InChI is InChI=1S/C19H16F3N3O/c1-11-12(2)25-17-9-14(6-7-16(17)24-11)18(26)23-10-13-4-3-5-15(8-13)19(20,21)22/h3-9H,10H2,1-2H3,(H,23,26). The van der Waals surface area contributed by atoms with Gasteiger partial charge in [0.1, 0.15) is 0 Å². The highest BCUT2D eigenvalue weighted by atomic mass is 19.4. The van der Waals surface area contributed by atoms with Crippen molar-refractivity contribution in [2.75, 3.05) is 0 Å². The van der Waals surface area contributed by atoms with Gasteiger partial charge in [-0.3, -0.25) is 4.79 Å². The van der Waals surface area contributed by atoms with Crippen LogP contribution in [0.25, 0.3) is 11.0 Å². The minimum absolute atomic E-state index is 0.000601. The van der Waals surface area contributed by atoms with Crippen LogP contribution < -0.4 is 5.32 Å². The fraction of sp³-hybridized carbons (Fsp3) is 0.211. The van der Waals surface area contributed by atoms with Crippen LogP contribution in [0.1, 0.15) is 32.9 Å². The van der Waals surface area contributed by atoms with E-state index in [0.717, 1.165) is 23.5 Å². The molecule has 3 rings (SSSR count). The first kappa shape index (κ1) is 17.8. The SMILES string of the molecule is Cc1nc2ccc(C(=O)NCc3cccc(C(F)(F)F)c3)cc2nc1C. The first-order chi connectivity index (χ1) is 12.2. The molecule has 1 aromatic heterocycles. The number of aromatic nitrogens is 2. The van der Waals surface area contributed by atoms with Crippen LogP contribution in [0.2, 0.25) is 0 Å². The van der Waals surface area contributed by atoms with Gasteiger partial charge >= 0.3 is 6.18 Å². The summed E-state index contributed by atoms with van der Waals surface area (Å²) < 4.78 is 38.2. The van der Waals surface area contributed by atoms with Crippen molar-refractivity contribution in [3.8, 4) is 0 Å². The lowest BCUT2D eigenvalue weighted by Gasteiger charge is -2.10. The van der Waals surface area contributed by atoms with Crippen LogP contribution in [0.3, 0.4) is 0 Å². The molecule has 0 unspecified atom stereocenters. The van der Waals surface area contributed by atoms with Crippen molar-refractivity contribution in [2.24, 2.45) is 0 Å². The molecule has 0 aliphatic rings. The third-order valence-corrected chi connectivity index (χ3v) is 4.04. The first-order valence-electron chi connectivity index (χ1n) is 7.93. The molecule has 1 N–H and O–H groups in total. The van der Waals surface area contributed by atoms with Crippen LogP contribution in [0.5, 0.6) is 0 Å². The number of aryl methyl sites for hydroxylation is 2. The molecule has 0 aliphatic heterocycles. The van der Waals surface area contributed by atoms with E-state index in [1.165, 1.54) is 12.1 Å². The first-order valence-corrected chi connectivity index (χ1v) is 7.93. The summed E-state index contributed by atoms with van der Waals surface area (Å²) in [5, 5.41) is 2.63. The molecule has 0 fully saturated rings. The van der Waals surface area contributed by atoms with Gasteiger partial charge in [-0.15, -0.1) is 0 Å². The minimum Gasteiger partial charge on any atom is -0.348 e. The van der Waals surface area contributed by atoms with Gasteiger partial charge in [-0.25, -0.2) is 9.97 Å². The van der Waals surface area contributed by atoms with E-state index in [4.69, 9.17) is 0 Å². The Kier molecular flexibility index (Phi) is 4.63. The van der Waals surface area contributed by atoms with Gasteiger partial charge in [-0.05, 0) is 49.7 Å². The molecule has 0 spiro atoms. The molecule has 26 heavy (non-hydrogen) atoms. The minimum atomic E-state index is -4.41. The number of carbonyl (C=O) groups is 1. The number of hydrogen-bond acceptors (Lipinski definition) is 3. The van der Waals surface area contributed by atoms with Gasteiger partial charge in [0.25, 0.3) is 5.91 Å². The highest BCUT2D eigenvalue weighted by Gasteiger charge is 2.30. The predicted octanol–water partition coefficient (Wildman–Crippen LogP) is 4.20. The molecule has 1 amide bonds. The number of rotatable bonds is 3. The maximum Gasteiger partial charge on any atom is 0.416 e. The topological polar surface area (TPSA) is 54.9 Å². The second-order valence-corrected chi connectivity index (χ2v) is 5.98. The smallest absolute Gasteiger partial charge is 0.348 e. The fourth-order valence-corrected chi connectivity index (χ4v) is 2.51. The van der Waals surface area contributed by atoms with Crippen molar-refractivity contribution in [2.45, 2.75) is 26.6 Å². The normalized spacial score (nSPS) is 11.6. The number of carbonyl (C=O) groups excluding carboxylic acids is 1. The number of hydrogen-bond donors (Lipinski definition) is 1. The number of amides is 1. The zero-order chi connectivity index (χ0) is 18.9. The van der Waals surface area contributed by atoms with E-state index in [-0.39, 0.29) is 12.5 Å². The van der Waals surface area contributed by atoms with E-state index in [2.05, 4.69) is 15.3 Å². The van der Waals surface area contributed by atoms with Gasteiger partial charge in [0, 0.05) is 12.1 Å². The van der Waals surface area contributed by atoms with Crippen LogP contribution in [-0.2, 0) is 12.7 Å². The van der Waals surface area contributed by atoms with E-state index >= 15 is 0 Å². The second-order valence-electron chi connectivity index (χ2n) is 5.98. The zero-order valence-corrected chi connectivity index (χ0v) is 14.2. The molecule has 7 heteroatoms. The number of fused-ring (bicyclic) bond motifs is 1. The van der Waals surface area contributed by atoms with Gasteiger partial charge < -0.3 is 5.32 Å². The summed E-state index contributed by atoms with van der Waals surface area (Å²) in [6.45, 7) is 3.69. The fourth-order valence-electron chi connectivity index (χ4n) is 2.51. The van der Waals surface area contributed by atoms with Gasteiger partial charge in [0.2, 0.25) is 0 Å². The monoisotopic (exact) mass is 359 g/mol. The van der Waals surface area contributed by atoms with Crippen LogP contribution in [0, 0.1) is 13.8 Å². The van der Waals surface area contributed by atoms with E-state index in [1.54, 1.807) is 18.2 Å². The maximum absolute atomic E-state index is 12.7. The Labute approximate surface area is 148 Å². The Morgan fingerprint density at radius 3 is 2.38 bits per heavy atom. The Morgan fingerprint density at radius 1 is 1.00 bits per heavy atom. The largest absolute Gasteiger partial charge is 0.416 e.